The van der Waals surface area contributed by atoms with E-state index in [0.717, 1.165) is 41.5 Å². The Morgan fingerprint density at radius 2 is 2.03 bits per heavy atom. The second-order valence-electron chi connectivity index (χ2n) is 8.36. The number of aromatic nitrogens is 4. The molecule has 0 bridgehead atoms. The molecule has 10 heteroatoms. The third-order valence-electron chi connectivity index (χ3n) is 6.26. The maximum atomic E-state index is 12.9. The van der Waals surface area contributed by atoms with E-state index in [9.17, 15) is 4.79 Å². The molecule has 2 aliphatic rings. The minimum Gasteiger partial charge on any atom is -0.470 e. The van der Waals surface area contributed by atoms with E-state index in [0.29, 0.717) is 44.2 Å². The van der Waals surface area contributed by atoms with Crippen molar-refractivity contribution in [3.8, 4) is 5.88 Å². The topological polar surface area (TPSA) is 145 Å². The first-order valence-electron chi connectivity index (χ1n) is 10.9. The number of carbonyl (C=O) groups excluding carboxylic acids is 1. The molecule has 0 radical (unpaired) electrons. The number of nitrogens with zero attached hydrogens (tertiary/aromatic N) is 5. The first kappa shape index (κ1) is 20.2. The SMILES string of the molecule is Nc1nc(N)c2c(n1)OC1(CCCN(C(=O)CCNc3ncnc4ccccc34)CC1)C2. The molecule has 2 aromatic heterocycles. The number of rotatable bonds is 4. The lowest BCUT2D eigenvalue weighted by atomic mass is 9.90. The van der Waals surface area contributed by atoms with Crippen LogP contribution in [-0.4, -0.2) is 56.0 Å². The van der Waals surface area contributed by atoms with Gasteiger partial charge in [0.05, 0.1) is 11.1 Å². The normalized spacial score (nSPS) is 20.1. The molecule has 32 heavy (non-hydrogen) atoms. The van der Waals surface area contributed by atoms with Crippen molar-refractivity contribution in [1.29, 1.82) is 0 Å². The van der Waals surface area contributed by atoms with Crippen LogP contribution in [0.5, 0.6) is 5.88 Å². The lowest BCUT2D eigenvalue weighted by molar-refractivity contribution is -0.131. The van der Waals surface area contributed by atoms with Crippen LogP contribution in [0.15, 0.2) is 30.6 Å². The Kier molecular flexibility index (Phi) is 5.12. The van der Waals surface area contributed by atoms with Gasteiger partial charge in [0.25, 0.3) is 0 Å². The molecule has 1 aromatic carbocycles. The summed E-state index contributed by atoms with van der Waals surface area (Å²) in [6.45, 7) is 1.85. The van der Waals surface area contributed by atoms with E-state index in [1.165, 1.54) is 6.33 Å². The molecule has 1 spiro atoms. The fraction of sp³-hybridized carbons (Fsp3) is 0.409. The highest BCUT2D eigenvalue weighted by molar-refractivity contribution is 5.88. The molecule has 1 amide bonds. The maximum Gasteiger partial charge on any atom is 0.225 e. The zero-order chi connectivity index (χ0) is 22.1. The number of ether oxygens (including phenoxy) is 1. The van der Waals surface area contributed by atoms with Crippen molar-refractivity contribution in [2.75, 3.05) is 36.4 Å². The predicted molar refractivity (Wildman–Crippen MR) is 121 cm³/mol. The fourth-order valence-corrected chi connectivity index (χ4v) is 4.60. The van der Waals surface area contributed by atoms with Crippen molar-refractivity contribution in [3.05, 3.63) is 36.2 Å². The monoisotopic (exact) mass is 434 g/mol. The van der Waals surface area contributed by atoms with Crippen molar-refractivity contribution < 1.29 is 9.53 Å². The second kappa shape index (κ2) is 8.10. The summed E-state index contributed by atoms with van der Waals surface area (Å²) in [5, 5.41) is 4.23. The highest BCUT2D eigenvalue weighted by Crippen LogP contribution is 2.42. The number of likely N-dealkylation sites (tertiary alicyclic amines) is 1. The third-order valence-corrected chi connectivity index (χ3v) is 6.26. The molecule has 3 aromatic rings. The molecule has 5 rings (SSSR count). The molecular weight excluding hydrogens is 408 g/mol. The van der Waals surface area contributed by atoms with Gasteiger partial charge in [-0.1, -0.05) is 12.1 Å². The van der Waals surface area contributed by atoms with Crippen LogP contribution in [-0.2, 0) is 11.2 Å². The third kappa shape index (κ3) is 3.83. The van der Waals surface area contributed by atoms with Gasteiger partial charge in [0.1, 0.15) is 23.6 Å². The van der Waals surface area contributed by atoms with Gasteiger partial charge in [-0.05, 0) is 25.0 Å². The zero-order valence-corrected chi connectivity index (χ0v) is 17.8. The van der Waals surface area contributed by atoms with Crippen LogP contribution in [0.1, 0.15) is 31.2 Å². The standard InChI is InChI=1S/C22H26N8O2/c23-18-15-12-22(32-20(15)29-21(24)28-18)7-3-10-30(11-8-22)17(31)6-9-25-19-14-4-1-2-5-16(14)26-13-27-19/h1-2,4-5,13H,3,6-12H2,(H,25,26,27)(H4,23,24,28,29). The minimum absolute atomic E-state index is 0.118. The number of fused-ring (bicyclic) bond motifs is 2. The summed E-state index contributed by atoms with van der Waals surface area (Å²) in [6, 6.07) is 7.80. The zero-order valence-electron chi connectivity index (χ0n) is 17.8. The van der Waals surface area contributed by atoms with Gasteiger partial charge in [0.2, 0.25) is 17.7 Å². The Hall–Kier alpha value is -3.69. The molecule has 1 atom stereocenters. The molecule has 4 heterocycles. The summed E-state index contributed by atoms with van der Waals surface area (Å²) in [5.74, 6) is 1.84. The van der Waals surface area contributed by atoms with E-state index in [-0.39, 0.29) is 11.9 Å². The highest BCUT2D eigenvalue weighted by atomic mass is 16.5. The van der Waals surface area contributed by atoms with Crippen molar-refractivity contribution in [1.82, 2.24) is 24.8 Å². The van der Waals surface area contributed by atoms with Gasteiger partial charge in [-0.2, -0.15) is 9.97 Å². The summed E-state index contributed by atoms with van der Waals surface area (Å²) >= 11 is 0. The molecule has 10 nitrogen and oxygen atoms in total. The van der Waals surface area contributed by atoms with Gasteiger partial charge in [-0.3, -0.25) is 4.79 Å². The Bertz CT molecular complexity index is 1160. The van der Waals surface area contributed by atoms with Crippen molar-refractivity contribution >= 4 is 34.4 Å². The summed E-state index contributed by atoms with van der Waals surface area (Å²) in [7, 11) is 0. The molecule has 2 aliphatic heterocycles. The van der Waals surface area contributed by atoms with E-state index < -0.39 is 5.60 Å². The van der Waals surface area contributed by atoms with Gasteiger partial charge in [-0.15, -0.1) is 0 Å². The van der Waals surface area contributed by atoms with Crippen LogP contribution in [0.3, 0.4) is 0 Å². The first-order valence-corrected chi connectivity index (χ1v) is 10.9. The molecule has 0 saturated carbocycles. The van der Waals surface area contributed by atoms with E-state index >= 15 is 0 Å². The number of nitrogen functional groups attached to an aromatic ring is 2. The molecule has 0 aliphatic carbocycles. The number of hydrogen-bond acceptors (Lipinski definition) is 9. The minimum atomic E-state index is -0.397. The van der Waals surface area contributed by atoms with Gasteiger partial charge >= 0.3 is 0 Å². The van der Waals surface area contributed by atoms with Crippen LogP contribution >= 0.6 is 0 Å². The summed E-state index contributed by atoms with van der Waals surface area (Å²) in [6.07, 6.45) is 4.98. The Labute approximate surface area is 185 Å². The summed E-state index contributed by atoms with van der Waals surface area (Å²) in [5.41, 5.74) is 13.0. The quantitative estimate of drug-likeness (QED) is 0.559. The lowest BCUT2D eigenvalue weighted by Crippen LogP contribution is -2.37. The van der Waals surface area contributed by atoms with Crippen LogP contribution < -0.4 is 21.5 Å². The largest absolute Gasteiger partial charge is 0.470 e. The molecule has 1 saturated heterocycles. The second-order valence-corrected chi connectivity index (χ2v) is 8.36. The first-order chi connectivity index (χ1) is 15.5. The average molecular weight is 435 g/mol. The molecular formula is C22H26N8O2. The molecule has 1 unspecified atom stereocenters. The fourth-order valence-electron chi connectivity index (χ4n) is 4.60. The molecule has 166 valence electrons. The molecule has 1 fully saturated rings. The van der Waals surface area contributed by atoms with E-state index in [2.05, 4.69) is 25.3 Å². The van der Waals surface area contributed by atoms with Crippen LogP contribution in [0.2, 0.25) is 0 Å². The predicted octanol–water partition coefficient (Wildman–Crippen LogP) is 1.77. The van der Waals surface area contributed by atoms with Crippen LogP contribution in [0.25, 0.3) is 10.9 Å². The van der Waals surface area contributed by atoms with Gasteiger partial charge in [0, 0.05) is 44.3 Å². The maximum absolute atomic E-state index is 12.9. The number of benzene rings is 1. The number of para-hydroxylation sites is 1. The number of carbonyl (C=O) groups is 1. The van der Waals surface area contributed by atoms with Crippen molar-refractivity contribution in [2.24, 2.45) is 0 Å². The Balaban J connectivity index is 1.18. The van der Waals surface area contributed by atoms with Crippen LogP contribution in [0, 0.1) is 0 Å². The lowest BCUT2D eigenvalue weighted by Gasteiger charge is -2.27. The molecule has 5 N–H and O–H groups in total. The van der Waals surface area contributed by atoms with Crippen molar-refractivity contribution in [2.45, 2.75) is 37.7 Å². The van der Waals surface area contributed by atoms with E-state index in [1.54, 1.807) is 0 Å². The average Bonchev–Trinajstić information content (AvgIpc) is 3.01. The number of nitrogens with two attached hydrogens (primary N) is 2. The van der Waals surface area contributed by atoms with Gasteiger partial charge < -0.3 is 26.4 Å². The number of anilines is 3. The smallest absolute Gasteiger partial charge is 0.225 e. The van der Waals surface area contributed by atoms with Crippen molar-refractivity contribution in [3.63, 3.8) is 0 Å². The summed E-state index contributed by atoms with van der Waals surface area (Å²) < 4.78 is 6.21. The number of nitrogens with one attached hydrogen (secondary N) is 1. The van der Waals surface area contributed by atoms with Gasteiger partial charge in [-0.25, -0.2) is 9.97 Å². The van der Waals surface area contributed by atoms with E-state index in [1.807, 2.05) is 29.2 Å². The Morgan fingerprint density at radius 1 is 1.16 bits per heavy atom. The highest BCUT2D eigenvalue weighted by Gasteiger charge is 2.43. The van der Waals surface area contributed by atoms with Gasteiger partial charge in [0.15, 0.2) is 0 Å². The number of hydrogen-bond donors (Lipinski definition) is 3. The summed E-state index contributed by atoms with van der Waals surface area (Å²) in [4.78, 5) is 31.6. The number of amides is 1. The van der Waals surface area contributed by atoms with E-state index in [4.69, 9.17) is 16.2 Å². The Morgan fingerprint density at radius 3 is 2.94 bits per heavy atom. The van der Waals surface area contributed by atoms with Crippen LogP contribution in [0.4, 0.5) is 17.6 Å².